The molecule has 27 heavy (non-hydrogen) atoms. The van der Waals surface area contributed by atoms with Crippen molar-refractivity contribution < 1.29 is 0 Å². The fourth-order valence-electron chi connectivity index (χ4n) is 2.84. The number of hydrogen-bond acceptors (Lipinski definition) is 4. The summed E-state index contributed by atoms with van der Waals surface area (Å²) in [5.74, 6) is 0.809. The van der Waals surface area contributed by atoms with Crippen LogP contribution in [0.3, 0.4) is 0 Å². The van der Waals surface area contributed by atoms with Crippen molar-refractivity contribution in [2.75, 3.05) is 31.6 Å². The Hall–Kier alpha value is -1.81. The van der Waals surface area contributed by atoms with E-state index < -0.39 is 0 Å². The third-order valence-corrected chi connectivity index (χ3v) is 4.97. The van der Waals surface area contributed by atoms with E-state index in [2.05, 4.69) is 62.8 Å². The van der Waals surface area contributed by atoms with E-state index in [1.165, 1.54) is 5.69 Å². The summed E-state index contributed by atoms with van der Waals surface area (Å²) in [4.78, 5) is 12.3. The SMILES string of the molecule is CCN(CCCNC(=NC)NCc1cn2ccsc2n1)c1ccccc1.I. The van der Waals surface area contributed by atoms with E-state index in [-0.39, 0.29) is 24.0 Å². The number of nitrogens with zero attached hydrogens (tertiary/aromatic N) is 4. The van der Waals surface area contributed by atoms with Crippen LogP contribution in [0.4, 0.5) is 5.69 Å². The highest BCUT2D eigenvalue weighted by Gasteiger charge is 2.05. The summed E-state index contributed by atoms with van der Waals surface area (Å²) in [5, 5.41) is 8.74. The first-order valence-electron chi connectivity index (χ1n) is 8.95. The molecule has 2 N–H and O–H groups in total. The van der Waals surface area contributed by atoms with Crippen LogP contribution >= 0.6 is 35.3 Å². The third-order valence-electron chi connectivity index (χ3n) is 4.20. The van der Waals surface area contributed by atoms with E-state index in [1.54, 1.807) is 18.4 Å². The molecule has 0 aliphatic carbocycles. The second-order valence-corrected chi connectivity index (χ2v) is 6.82. The molecule has 1 aromatic carbocycles. The van der Waals surface area contributed by atoms with Gasteiger partial charge in [0, 0.05) is 50.1 Å². The maximum Gasteiger partial charge on any atom is 0.193 e. The number of nitrogens with one attached hydrogen (secondary N) is 2. The van der Waals surface area contributed by atoms with E-state index in [0.717, 1.165) is 42.7 Å². The van der Waals surface area contributed by atoms with Crippen molar-refractivity contribution in [3.63, 3.8) is 0 Å². The molecule has 8 heteroatoms. The van der Waals surface area contributed by atoms with E-state index in [4.69, 9.17) is 0 Å². The van der Waals surface area contributed by atoms with Crippen LogP contribution < -0.4 is 15.5 Å². The Kier molecular flexibility index (Phi) is 8.86. The monoisotopic (exact) mass is 498 g/mol. The van der Waals surface area contributed by atoms with Gasteiger partial charge in [0.1, 0.15) is 0 Å². The number of guanidine groups is 1. The maximum atomic E-state index is 4.57. The number of halogens is 1. The minimum atomic E-state index is 0. The van der Waals surface area contributed by atoms with Gasteiger partial charge in [-0.05, 0) is 25.5 Å². The number of hydrogen-bond donors (Lipinski definition) is 2. The summed E-state index contributed by atoms with van der Waals surface area (Å²) in [6.07, 6.45) is 5.12. The van der Waals surface area contributed by atoms with Gasteiger partial charge in [-0.3, -0.25) is 9.39 Å². The number of aromatic nitrogens is 2. The predicted octanol–water partition coefficient (Wildman–Crippen LogP) is 3.60. The summed E-state index contributed by atoms with van der Waals surface area (Å²) in [5.41, 5.74) is 2.29. The Morgan fingerprint density at radius 2 is 2.07 bits per heavy atom. The zero-order valence-electron chi connectivity index (χ0n) is 15.8. The van der Waals surface area contributed by atoms with Crippen LogP contribution in [0.5, 0.6) is 0 Å². The van der Waals surface area contributed by atoms with Gasteiger partial charge in [0.05, 0.1) is 12.2 Å². The van der Waals surface area contributed by atoms with Crippen molar-refractivity contribution in [3.05, 3.63) is 53.8 Å². The number of thiazole rings is 1. The Morgan fingerprint density at radius 1 is 1.26 bits per heavy atom. The Morgan fingerprint density at radius 3 is 2.78 bits per heavy atom. The molecular weight excluding hydrogens is 471 g/mol. The molecule has 0 saturated carbocycles. The van der Waals surface area contributed by atoms with Crippen LogP contribution in [0.1, 0.15) is 19.0 Å². The highest BCUT2D eigenvalue weighted by atomic mass is 127. The highest BCUT2D eigenvalue weighted by molar-refractivity contribution is 14.0. The lowest BCUT2D eigenvalue weighted by Gasteiger charge is -2.23. The second kappa shape index (κ2) is 11.1. The number of benzene rings is 1. The van der Waals surface area contributed by atoms with E-state index in [0.29, 0.717) is 6.54 Å². The number of anilines is 1. The predicted molar refractivity (Wildman–Crippen MR) is 126 cm³/mol. The summed E-state index contributed by atoms with van der Waals surface area (Å²) in [7, 11) is 1.80. The molecule has 0 bridgehead atoms. The van der Waals surface area contributed by atoms with Gasteiger partial charge in [-0.2, -0.15) is 0 Å². The molecule has 0 saturated heterocycles. The molecule has 146 valence electrons. The molecule has 3 rings (SSSR count). The van der Waals surface area contributed by atoms with Crippen LogP contribution in [-0.4, -0.2) is 42.0 Å². The Bertz CT molecular complexity index is 800. The van der Waals surface area contributed by atoms with Crippen molar-refractivity contribution in [2.24, 2.45) is 4.99 Å². The lowest BCUT2D eigenvalue weighted by atomic mass is 10.2. The van der Waals surface area contributed by atoms with Crippen LogP contribution in [0, 0.1) is 0 Å². The summed E-state index contributed by atoms with van der Waals surface area (Å²) >= 11 is 1.64. The van der Waals surface area contributed by atoms with E-state index in [9.17, 15) is 0 Å². The average Bonchev–Trinajstić information content (AvgIpc) is 3.26. The van der Waals surface area contributed by atoms with Gasteiger partial charge < -0.3 is 15.5 Å². The van der Waals surface area contributed by atoms with Crippen molar-refractivity contribution in [2.45, 2.75) is 19.9 Å². The normalized spacial score (nSPS) is 11.3. The van der Waals surface area contributed by atoms with Crippen LogP contribution in [-0.2, 0) is 6.54 Å². The lowest BCUT2D eigenvalue weighted by molar-refractivity contribution is 0.707. The molecule has 0 unspecified atom stereocenters. The first-order chi connectivity index (χ1) is 12.8. The molecule has 0 spiro atoms. The summed E-state index contributed by atoms with van der Waals surface area (Å²) in [6.45, 7) is 5.76. The van der Waals surface area contributed by atoms with Crippen molar-refractivity contribution in [1.29, 1.82) is 0 Å². The maximum absolute atomic E-state index is 4.57. The third kappa shape index (κ3) is 6.10. The fraction of sp³-hybridized carbons (Fsp3) is 0.368. The Labute approximate surface area is 181 Å². The van der Waals surface area contributed by atoms with Gasteiger partial charge in [-0.1, -0.05) is 18.2 Å². The van der Waals surface area contributed by atoms with Gasteiger partial charge >= 0.3 is 0 Å². The average molecular weight is 498 g/mol. The zero-order chi connectivity index (χ0) is 18.2. The minimum absolute atomic E-state index is 0. The molecule has 3 aromatic rings. The lowest BCUT2D eigenvalue weighted by Crippen LogP contribution is -2.38. The molecule has 0 aliphatic rings. The Balaban J connectivity index is 0.00000261. The van der Waals surface area contributed by atoms with Crippen molar-refractivity contribution in [3.8, 4) is 0 Å². The number of aliphatic imine (C=N–C) groups is 1. The quantitative estimate of drug-likeness (QED) is 0.216. The molecule has 2 aromatic heterocycles. The van der Waals surface area contributed by atoms with E-state index >= 15 is 0 Å². The first kappa shape index (κ1) is 21.5. The van der Waals surface area contributed by atoms with Gasteiger partial charge in [-0.15, -0.1) is 35.3 Å². The standard InChI is InChI=1S/C19H26N6S.HI/c1-3-24(17-8-5-4-6-9-17)11-7-10-21-18(20-2)22-14-16-15-25-12-13-26-19(25)23-16;/h4-6,8-9,12-13,15H,3,7,10-11,14H2,1-2H3,(H2,20,21,22);1H. The second-order valence-electron chi connectivity index (χ2n) is 5.95. The molecule has 0 aliphatic heterocycles. The summed E-state index contributed by atoms with van der Waals surface area (Å²) in [6, 6.07) is 10.5. The molecule has 0 atom stereocenters. The summed E-state index contributed by atoms with van der Waals surface area (Å²) < 4.78 is 2.04. The molecular formula is C19H27IN6S. The highest BCUT2D eigenvalue weighted by Crippen LogP contribution is 2.13. The van der Waals surface area contributed by atoms with Gasteiger partial charge in [0.15, 0.2) is 10.9 Å². The smallest absolute Gasteiger partial charge is 0.193 e. The topological polar surface area (TPSA) is 57.0 Å². The van der Waals surface area contributed by atoms with Crippen LogP contribution in [0.2, 0.25) is 0 Å². The molecule has 6 nitrogen and oxygen atoms in total. The minimum Gasteiger partial charge on any atom is -0.372 e. The van der Waals surface area contributed by atoms with Gasteiger partial charge in [0.25, 0.3) is 0 Å². The van der Waals surface area contributed by atoms with Gasteiger partial charge in [-0.25, -0.2) is 4.98 Å². The number of fused-ring (bicyclic) bond motifs is 1. The molecule has 0 amide bonds. The molecule has 2 heterocycles. The number of para-hydroxylation sites is 1. The molecule has 0 fully saturated rings. The zero-order valence-corrected chi connectivity index (χ0v) is 18.9. The largest absolute Gasteiger partial charge is 0.372 e. The van der Waals surface area contributed by atoms with Gasteiger partial charge in [0.2, 0.25) is 0 Å². The van der Waals surface area contributed by atoms with Crippen LogP contribution in [0.25, 0.3) is 4.96 Å². The number of rotatable bonds is 8. The number of imidazole rings is 1. The van der Waals surface area contributed by atoms with Crippen LogP contribution in [0.15, 0.2) is 53.1 Å². The first-order valence-corrected chi connectivity index (χ1v) is 9.83. The fourth-order valence-corrected chi connectivity index (χ4v) is 3.56. The van der Waals surface area contributed by atoms with E-state index in [1.807, 2.05) is 22.2 Å². The van der Waals surface area contributed by atoms with Crippen molar-refractivity contribution in [1.82, 2.24) is 20.0 Å². The van der Waals surface area contributed by atoms with Crippen molar-refractivity contribution >= 4 is 51.9 Å². The molecule has 0 radical (unpaired) electrons.